The normalized spacial score (nSPS) is 10.6. The number of carbonyl (C=O) groups is 1. The van der Waals surface area contributed by atoms with Gasteiger partial charge >= 0.3 is 0 Å². The predicted octanol–water partition coefficient (Wildman–Crippen LogP) is 3.78. The zero-order valence-corrected chi connectivity index (χ0v) is 15.3. The Morgan fingerprint density at radius 2 is 1.92 bits per heavy atom. The van der Waals surface area contributed by atoms with E-state index in [4.69, 9.17) is 14.3 Å². The molecule has 0 aliphatic heterocycles. The Bertz CT molecular complexity index is 742. The van der Waals surface area contributed by atoms with E-state index in [0.717, 1.165) is 23.2 Å². The Labute approximate surface area is 153 Å². The summed E-state index contributed by atoms with van der Waals surface area (Å²) >= 11 is 0. The number of amides is 1. The lowest BCUT2D eigenvalue weighted by Crippen LogP contribution is -2.16. The summed E-state index contributed by atoms with van der Waals surface area (Å²) < 4.78 is 10.9. The summed E-state index contributed by atoms with van der Waals surface area (Å²) in [7, 11) is 1.58. The first-order chi connectivity index (χ1) is 12.6. The minimum Gasteiger partial charge on any atom is -0.493 e. The van der Waals surface area contributed by atoms with Crippen LogP contribution in [0.1, 0.15) is 24.5 Å². The molecule has 0 spiro atoms. The van der Waals surface area contributed by atoms with Gasteiger partial charge in [0.25, 0.3) is 5.91 Å². The van der Waals surface area contributed by atoms with Crippen molar-refractivity contribution in [3.05, 3.63) is 53.6 Å². The van der Waals surface area contributed by atoms with Crippen LogP contribution in [0.15, 0.2) is 47.6 Å². The molecule has 6 nitrogen and oxygen atoms in total. The maximum Gasteiger partial charge on any atom is 0.265 e. The number of aryl methyl sites for hydroxylation is 1. The van der Waals surface area contributed by atoms with Crippen molar-refractivity contribution < 1.29 is 19.1 Å². The molecule has 0 heterocycles. The molecule has 0 aromatic heterocycles. The van der Waals surface area contributed by atoms with E-state index in [1.807, 2.05) is 50.2 Å². The van der Waals surface area contributed by atoms with Gasteiger partial charge in [-0.2, -0.15) is 0 Å². The SMILES string of the molecule is CCCOc1ccc(/C=N/OCC(=O)Nc2ccc(C)cc2)cc1OC. The Morgan fingerprint density at radius 3 is 2.62 bits per heavy atom. The molecule has 0 saturated carbocycles. The Balaban J connectivity index is 1.83. The number of hydrogen-bond acceptors (Lipinski definition) is 5. The van der Waals surface area contributed by atoms with Gasteiger partial charge in [-0.3, -0.25) is 4.79 Å². The van der Waals surface area contributed by atoms with Crippen molar-refractivity contribution in [1.82, 2.24) is 0 Å². The summed E-state index contributed by atoms with van der Waals surface area (Å²) in [5.41, 5.74) is 2.63. The zero-order valence-electron chi connectivity index (χ0n) is 15.3. The van der Waals surface area contributed by atoms with E-state index < -0.39 is 0 Å². The molecule has 26 heavy (non-hydrogen) atoms. The number of hydrogen-bond donors (Lipinski definition) is 1. The van der Waals surface area contributed by atoms with Crippen molar-refractivity contribution in [1.29, 1.82) is 0 Å². The summed E-state index contributed by atoms with van der Waals surface area (Å²) in [5.74, 6) is 1.04. The molecule has 0 bridgehead atoms. The summed E-state index contributed by atoms with van der Waals surface area (Å²) in [4.78, 5) is 16.9. The van der Waals surface area contributed by atoms with E-state index >= 15 is 0 Å². The summed E-state index contributed by atoms with van der Waals surface area (Å²) in [6, 6.07) is 13.0. The summed E-state index contributed by atoms with van der Waals surface area (Å²) in [6.07, 6.45) is 2.44. The van der Waals surface area contributed by atoms with Crippen LogP contribution in [0.4, 0.5) is 5.69 Å². The molecule has 2 rings (SSSR count). The van der Waals surface area contributed by atoms with Gasteiger partial charge in [0.15, 0.2) is 18.1 Å². The van der Waals surface area contributed by atoms with Gasteiger partial charge in [0.1, 0.15) is 0 Å². The number of oxime groups is 1. The molecule has 138 valence electrons. The van der Waals surface area contributed by atoms with Crippen molar-refractivity contribution in [2.45, 2.75) is 20.3 Å². The first kappa shape index (κ1) is 19.3. The quantitative estimate of drug-likeness (QED) is 0.548. The number of carbonyl (C=O) groups excluding carboxylic acids is 1. The molecule has 2 aromatic carbocycles. The lowest BCUT2D eigenvalue weighted by Gasteiger charge is -2.10. The van der Waals surface area contributed by atoms with E-state index in [1.165, 1.54) is 6.21 Å². The van der Waals surface area contributed by atoms with Gasteiger partial charge in [0, 0.05) is 11.3 Å². The minimum absolute atomic E-state index is 0.167. The van der Waals surface area contributed by atoms with Gasteiger partial charge in [-0.25, -0.2) is 0 Å². The van der Waals surface area contributed by atoms with Gasteiger partial charge in [-0.1, -0.05) is 29.8 Å². The van der Waals surface area contributed by atoms with E-state index in [-0.39, 0.29) is 12.5 Å². The van der Waals surface area contributed by atoms with Gasteiger partial charge < -0.3 is 19.6 Å². The van der Waals surface area contributed by atoms with Crippen LogP contribution in [0.25, 0.3) is 0 Å². The van der Waals surface area contributed by atoms with Gasteiger partial charge in [0.05, 0.1) is 19.9 Å². The van der Waals surface area contributed by atoms with Crippen LogP contribution in [0.3, 0.4) is 0 Å². The maximum atomic E-state index is 11.8. The molecule has 0 aliphatic carbocycles. The second kappa shape index (κ2) is 10.1. The van der Waals surface area contributed by atoms with E-state index in [0.29, 0.717) is 18.1 Å². The Morgan fingerprint density at radius 1 is 1.15 bits per heavy atom. The average Bonchev–Trinajstić information content (AvgIpc) is 2.65. The fraction of sp³-hybridized carbons (Fsp3) is 0.300. The third kappa shape index (κ3) is 6.12. The monoisotopic (exact) mass is 356 g/mol. The standard InChI is InChI=1S/C20H24N2O4/c1-4-11-25-18-10-7-16(12-19(18)24-3)13-21-26-14-20(23)22-17-8-5-15(2)6-9-17/h5-10,12-13H,4,11,14H2,1-3H3,(H,22,23)/b21-13+. The van der Waals surface area contributed by atoms with Crippen molar-refractivity contribution >= 4 is 17.8 Å². The molecule has 6 heteroatoms. The van der Waals surface area contributed by atoms with Crippen LogP contribution in [-0.4, -0.2) is 32.4 Å². The topological polar surface area (TPSA) is 69.2 Å². The van der Waals surface area contributed by atoms with Crippen LogP contribution in [-0.2, 0) is 9.63 Å². The zero-order chi connectivity index (χ0) is 18.8. The average molecular weight is 356 g/mol. The number of nitrogens with one attached hydrogen (secondary N) is 1. The smallest absolute Gasteiger partial charge is 0.265 e. The predicted molar refractivity (Wildman–Crippen MR) is 102 cm³/mol. The Hall–Kier alpha value is -3.02. The number of nitrogens with zero attached hydrogens (tertiary/aromatic N) is 1. The second-order valence-electron chi connectivity index (χ2n) is 5.68. The van der Waals surface area contributed by atoms with Crippen LogP contribution in [0.5, 0.6) is 11.5 Å². The molecular weight excluding hydrogens is 332 g/mol. The molecule has 1 amide bonds. The van der Waals surface area contributed by atoms with Crippen LogP contribution < -0.4 is 14.8 Å². The van der Waals surface area contributed by atoms with Gasteiger partial charge in [0.2, 0.25) is 0 Å². The highest BCUT2D eigenvalue weighted by Crippen LogP contribution is 2.27. The van der Waals surface area contributed by atoms with Crippen molar-refractivity contribution in [3.8, 4) is 11.5 Å². The number of anilines is 1. The van der Waals surface area contributed by atoms with E-state index in [1.54, 1.807) is 13.2 Å². The molecule has 1 N–H and O–H groups in total. The lowest BCUT2D eigenvalue weighted by atomic mass is 10.2. The Kier molecular flexibility index (Phi) is 7.49. The van der Waals surface area contributed by atoms with E-state index in [2.05, 4.69) is 10.5 Å². The molecule has 2 aromatic rings. The molecule has 0 radical (unpaired) electrons. The molecule has 0 aliphatic rings. The molecule has 0 saturated heterocycles. The van der Waals surface area contributed by atoms with Crippen LogP contribution in [0.2, 0.25) is 0 Å². The first-order valence-electron chi connectivity index (χ1n) is 8.45. The molecule has 0 unspecified atom stereocenters. The fourth-order valence-corrected chi connectivity index (χ4v) is 2.12. The van der Waals surface area contributed by atoms with Crippen LogP contribution in [0, 0.1) is 6.92 Å². The second-order valence-corrected chi connectivity index (χ2v) is 5.68. The third-order valence-corrected chi connectivity index (χ3v) is 3.46. The number of benzene rings is 2. The van der Waals surface area contributed by atoms with Crippen LogP contribution >= 0.6 is 0 Å². The summed E-state index contributed by atoms with van der Waals surface area (Å²) in [5, 5.41) is 6.56. The highest BCUT2D eigenvalue weighted by atomic mass is 16.6. The largest absolute Gasteiger partial charge is 0.493 e. The van der Waals surface area contributed by atoms with Crippen molar-refractivity contribution in [3.63, 3.8) is 0 Å². The number of rotatable bonds is 9. The third-order valence-electron chi connectivity index (χ3n) is 3.46. The van der Waals surface area contributed by atoms with Gasteiger partial charge in [-0.15, -0.1) is 0 Å². The molecular formula is C20H24N2O4. The fourth-order valence-electron chi connectivity index (χ4n) is 2.12. The molecule has 0 fully saturated rings. The van der Waals surface area contributed by atoms with Crippen molar-refractivity contribution in [2.75, 3.05) is 25.6 Å². The number of ether oxygens (including phenoxy) is 2. The van der Waals surface area contributed by atoms with Crippen molar-refractivity contribution in [2.24, 2.45) is 5.16 Å². The maximum absolute atomic E-state index is 11.8. The lowest BCUT2D eigenvalue weighted by molar-refractivity contribution is -0.120. The highest BCUT2D eigenvalue weighted by molar-refractivity contribution is 5.91. The van der Waals surface area contributed by atoms with E-state index in [9.17, 15) is 4.79 Å². The number of methoxy groups -OCH3 is 1. The van der Waals surface area contributed by atoms with Gasteiger partial charge in [-0.05, 0) is 43.7 Å². The first-order valence-corrected chi connectivity index (χ1v) is 8.45. The molecule has 0 atom stereocenters. The summed E-state index contributed by atoms with van der Waals surface area (Å²) in [6.45, 7) is 4.49. The minimum atomic E-state index is -0.271. The highest BCUT2D eigenvalue weighted by Gasteiger charge is 2.05.